The Morgan fingerprint density at radius 3 is 2.39 bits per heavy atom. The van der Waals surface area contributed by atoms with Crippen LogP contribution in [0.25, 0.3) is 0 Å². The molecule has 0 aromatic carbocycles. The van der Waals surface area contributed by atoms with Gasteiger partial charge in [0.2, 0.25) is 0 Å². The van der Waals surface area contributed by atoms with E-state index in [0.29, 0.717) is 5.54 Å². The summed E-state index contributed by atoms with van der Waals surface area (Å²) in [5, 5.41) is 3.88. The third-order valence-electron chi connectivity index (χ3n) is 5.23. The van der Waals surface area contributed by atoms with Gasteiger partial charge in [0.1, 0.15) is 0 Å². The zero-order valence-electron chi connectivity index (χ0n) is 12.7. The van der Waals surface area contributed by atoms with E-state index in [9.17, 15) is 0 Å². The summed E-state index contributed by atoms with van der Waals surface area (Å²) in [6, 6.07) is 0.841. The molecule has 106 valence electrons. The number of hydrogen-bond acceptors (Lipinski definition) is 2. The van der Waals surface area contributed by atoms with Gasteiger partial charge in [-0.05, 0) is 44.6 Å². The van der Waals surface area contributed by atoms with Crippen molar-refractivity contribution in [1.29, 1.82) is 0 Å². The molecule has 2 nitrogen and oxygen atoms in total. The summed E-state index contributed by atoms with van der Waals surface area (Å²) < 4.78 is 0. The summed E-state index contributed by atoms with van der Waals surface area (Å²) in [6.07, 6.45) is 9.61. The molecule has 18 heavy (non-hydrogen) atoms. The molecule has 1 heterocycles. The van der Waals surface area contributed by atoms with Crippen LogP contribution in [-0.4, -0.2) is 36.1 Å². The van der Waals surface area contributed by atoms with E-state index >= 15 is 0 Å². The minimum atomic E-state index is 0.400. The van der Waals surface area contributed by atoms with Crippen molar-refractivity contribution in [3.05, 3.63) is 0 Å². The molecule has 0 spiro atoms. The normalized spacial score (nSPS) is 28.5. The monoisotopic (exact) mass is 252 g/mol. The molecule has 0 bridgehead atoms. The number of unbranched alkanes of at least 4 members (excludes halogenated alkanes) is 2. The van der Waals surface area contributed by atoms with Crippen molar-refractivity contribution >= 4 is 0 Å². The number of nitrogens with zero attached hydrogens (tertiary/aromatic N) is 1. The van der Waals surface area contributed by atoms with E-state index in [2.05, 4.69) is 31.0 Å². The van der Waals surface area contributed by atoms with Crippen molar-refractivity contribution in [2.24, 2.45) is 5.92 Å². The molecule has 2 fully saturated rings. The predicted molar refractivity (Wildman–Crippen MR) is 78.9 cm³/mol. The highest BCUT2D eigenvalue weighted by Gasteiger charge is 2.42. The maximum Gasteiger partial charge on any atom is 0.0304 e. The fourth-order valence-electron chi connectivity index (χ4n) is 3.49. The second-order valence-electron chi connectivity index (χ2n) is 6.45. The zero-order chi connectivity index (χ0) is 13.0. The first-order chi connectivity index (χ1) is 8.74. The standard InChI is InChI=1S/C16H32N2/c1-4-7-8-11-18-13-16(5-2,6-3)17-12-15(18)14-9-10-14/h14-15,17H,4-13H2,1-3H3. The summed E-state index contributed by atoms with van der Waals surface area (Å²) in [7, 11) is 0. The van der Waals surface area contributed by atoms with Crippen LogP contribution in [0, 0.1) is 5.92 Å². The van der Waals surface area contributed by atoms with E-state index in [1.165, 1.54) is 64.6 Å². The lowest BCUT2D eigenvalue weighted by Crippen LogP contribution is -2.64. The fourth-order valence-corrected chi connectivity index (χ4v) is 3.49. The number of rotatable bonds is 7. The van der Waals surface area contributed by atoms with E-state index < -0.39 is 0 Å². The van der Waals surface area contributed by atoms with Crippen LogP contribution in [0.4, 0.5) is 0 Å². The minimum absolute atomic E-state index is 0.400. The molecule has 2 rings (SSSR count). The first-order valence-corrected chi connectivity index (χ1v) is 8.23. The third kappa shape index (κ3) is 3.27. The molecule has 1 atom stereocenters. The van der Waals surface area contributed by atoms with Crippen LogP contribution in [0.5, 0.6) is 0 Å². The number of piperazine rings is 1. The molecule has 1 aliphatic carbocycles. The molecule has 0 amide bonds. The second kappa shape index (κ2) is 6.38. The molecule has 1 saturated heterocycles. The van der Waals surface area contributed by atoms with Gasteiger partial charge in [0, 0.05) is 24.7 Å². The molecule has 2 aliphatic rings. The average molecular weight is 252 g/mol. The number of hydrogen-bond donors (Lipinski definition) is 1. The summed E-state index contributed by atoms with van der Waals surface area (Å²) in [5.74, 6) is 1.01. The maximum atomic E-state index is 3.88. The highest BCUT2D eigenvalue weighted by atomic mass is 15.3. The molecule has 0 aromatic rings. The van der Waals surface area contributed by atoms with Gasteiger partial charge in [-0.25, -0.2) is 0 Å². The smallest absolute Gasteiger partial charge is 0.0304 e. The lowest BCUT2D eigenvalue weighted by Gasteiger charge is -2.48. The highest BCUT2D eigenvalue weighted by molar-refractivity contribution is 5.01. The molecule has 0 radical (unpaired) electrons. The Hall–Kier alpha value is -0.0800. The third-order valence-corrected chi connectivity index (χ3v) is 5.23. The van der Waals surface area contributed by atoms with Crippen molar-refractivity contribution in [2.75, 3.05) is 19.6 Å². The van der Waals surface area contributed by atoms with Crippen LogP contribution < -0.4 is 5.32 Å². The Morgan fingerprint density at radius 2 is 1.83 bits per heavy atom. The van der Waals surface area contributed by atoms with Crippen LogP contribution >= 0.6 is 0 Å². The quantitative estimate of drug-likeness (QED) is 0.698. The first kappa shape index (κ1) is 14.3. The molecule has 1 N–H and O–H groups in total. The molecule has 1 unspecified atom stereocenters. The Bertz CT molecular complexity index is 243. The summed E-state index contributed by atoms with van der Waals surface area (Å²) in [4.78, 5) is 2.83. The fraction of sp³-hybridized carbons (Fsp3) is 1.00. The van der Waals surface area contributed by atoms with E-state index in [0.717, 1.165) is 12.0 Å². The van der Waals surface area contributed by atoms with Gasteiger partial charge in [-0.3, -0.25) is 4.90 Å². The van der Waals surface area contributed by atoms with Gasteiger partial charge in [0.05, 0.1) is 0 Å². The zero-order valence-corrected chi connectivity index (χ0v) is 12.7. The van der Waals surface area contributed by atoms with Crippen molar-refractivity contribution in [3.8, 4) is 0 Å². The van der Waals surface area contributed by atoms with Crippen LogP contribution in [-0.2, 0) is 0 Å². The van der Waals surface area contributed by atoms with Crippen molar-refractivity contribution < 1.29 is 0 Å². The molecular formula is C16H32N2. The van der Waals surface area contributed by atoms with Gasteiger partial charge in [0.25, 0.3) is 0 Å². The van der Waals surface area contributed by atoms with Gasteiger partial charge < -0.3 is 5.32 Å². The van der Waals surface area contributed by atoms with Crippen LogP contribution in [0.15, 0.2) is 0 Å². The topological polar surface area (TPSA) is 15.3 Å². The van der Waals surface area contributed by atoms with Gasteiger partial charge in [-0.15, -0.1) is 0 Å². The minimum Gasteiger partial charge on any atom is -0.308 e. The Kier molecular flexibility index (Phi) is 5.08. The predicted octanol–water partition coefficient (Wildman–Crippen LogP) is 3.42. The van der Waals surface area contributed by atoms with Crippen molar-refractivity contribution in [1.82, 2.24) is 10.2 Å². The van der Waals surface area contributed by atoms with Gasteiger partial charge in [-0.1, -0.05) is 33.6 Å². The first-order valence-electron chi connectivity index (χ1n) is 8.23. The maximum absolute atomic E-state index is 3.88. The molecule has 0 aromatic heterocycles. The van der Waals surface area contributed by atoms with Crippen LogP contribution in [0.2, 0.25) is 0 Å². The summed E-state index contributed by atoms with van der Waals surface area (Å²) >= 11 is 0. The Morgan fingerprint density at radius 1 is 1.11 bits per heavy atom. The van der Waals surface area contributed by atoms with Crippen LogP contribution in [0.1, 0.15) is 65.7 Å². The lowest BCUT2D eigenvalue weighted by atomic mass is 9.87. The van der Waals surface area contributed by atoms with E-state index in [-0.39, 0.29) is 0 Å². The SMILES string of the molecule is CCCCCN1CC(CC)(CC)NCC1C1CC1. The van der Waals surface area contributed by atoms with Crippen molar-refractivity contribution in [3.63, 3.8) is 0 Å². The van der Waals surface area contributed by atoms with Gasteiger partial charge >= 0.3 is 0 Å². The molecule has 1 aliphatic heterocycles. The largest absolute Gasteiger partial charge is 0.308 e. The van der Waals surface area contributed by atoms with Gasteiger partial charge in [0.15, 0.2) is 0 Å². The Labute approximate surface area is 114 Å². The summed E-state index contributed by atoms with van der Waals surface area (Å²) in [5.41, 5.74) is 0.400. The Balaban J connectivity index is 1.93. The van der Waals surface area contributed by atoms with E-state index in [1.807, 2.05) is 0 Å². The van der Waals surface area contributed by atoms with Crippen molar-refractivity contribution in [2.45, 2.75) is 77.3 Å². The molecule has 2 heteroatoms. The summed E-state index contributed by atoms with van der Waals surface area (Å²) in [6.45, 7) is 10.8. The van der Waals surface area contributed by atoms with E-state index in [4.69, 9.17) is 0 Å². The highest BCUT2D eigenvalue weighted by Crippen LogP contribution is 2.38. The van der Waals surface area contributed by atoms with Crippen LogP contribution in [0.3, 0.4) is 0 Å². The van der Waals surface area contributed by atoms with E-state index in [1.54, 1.807) is 0 Å². The second-order valence-corrected chi connectivity index (χ2v) is 6.45. The molecule has 1 saturated carbocycles. The van der Waals surface area contributed by atoms with Gasteiger partial charge in [-0.2, -0.15) is 0 Å². The lowest BCUT2D eigenvalue weighted by molar-refractivity contribution is 0.0606. The number of nitrogens with one attached hydrogen (secondary N) is 1. The average Bonchev–Trinajstić information content (AvgIpc) is 3.23. The molecular weight excluding hydrogens is 220 g/mol.